The number of H-pyrrole nitrogens is 1. The normalized spacial score (nSPS) is 17.9. The predicted molar refractivity (Wildman–Crippen MR) is 61.9 cm³/mol. The number of aromatic amines is 1. The van der Waals surface area contributed by atoms with Crippen molar-refractivity contribution < 1.29 is 4.54 Å². The summed E-state index contributed by atoms with van der Waals surface area (Å²) in [5.74, 6) is 0. The van der Waals surface area contributed by atoms with Gasteiger partial charge in [0, 0.05) is 11.3 Å². The van der Waals surface area contributed by atoms with Gasteiger partial charge in [0.15, 0.2) is 9.70 Å². The van der Waals surface area contributed by atoms with E-state index in [1.807, 2.05) is 0 Å². The minimum Gasteiger partial charge on any atom is -0.102 e. The van der Waals surface area contributed by atoms with Gasteiger partial charge in [-0.05, 0) is 30.7 Å². The highest BCUT2D eigenvalue weighted by atomic mass is 35.5. The third kappa shape index (κ3) is 2.98. The van der Waals surface area contributed by atoms with Crippen molar-refractivity contribution in [2.45, 2.75) is 42.4 Å². The van der Waals surface area contributed by atoms with E-state index in [0.29, 0.717) is 15.4 Å². The highest BCUT2D eigenvalue weighted by Crippen LogP contribution is 2.31. The Hall–Kier alpha value is -0.480. The quantitative estimate of drug-likeness (QED) is 0.814. The van der Waals surface area contributed by atoms with Gasteiger partial charge in [0.25, 0.3) is 0 Å². The second kappa shape index (κ2) is 5.03. The highest BCUT2D eigenvalue weighted by Gasteiger charge is 2.20. The van der Waals surface area contributed by atoms with Crippen molar-refractivity contribution in [3.05, 3.63) is 22.2 Å². The summed E-state index contributed by atoms with van der Waals surface area (Å²) in [7, 11) is 0. The fourth-order valence-electron chi connectivity index (χ4n) is 1.84. The number of hydrogen-bond donors (Lipinski definition) is 1. The molecule has 0 aromatic carbocycles. The molecule has 0 unspecified atom stereocenters. The number of nitrogens with one attached hydrogen (secondary N) is 1. The Morgan fingerprint density at radius 3 is 2.73 bits per heavy atom. The summed E-state index contributed by atoms with van der Waals surface area (Å²) in [5, 5.41) is 4.21. The van der Waals surface area contributed by atoms with Crippen LogP contribution in [0.5, 0.6) is 0 Å². The summed E-state index contributed by atoms with van der Waals surface area (Å²) in [5.41, 5.74) is 0. The van der Waals surface area contributed by atoms with Crippen molar-refractivity contribution in [2.24, 2.45) is 0 Å². The predicted octanol–water partition coefficient (Wildman–Crippen LogP) is 3.01. The smallest absolute Gasteiger partial charge is 0.102 e. The molecule has 0 radical (unpaired) electrons. The van der Waals surface area contributed by atoms with E-state index in [9.17, 15) is 4.91 Å². The van der Waals surface area contributed by atoms with E-state index >= 15 is 0 Å². The van der Waals surface area contributed by atoms with Gasteiger partial charge in [-0.1, -0.05) is 30.9 Å². The molecule has 0 saturated heterocycles. The molecule has 5 heteroatoms. The van der Waals surface area contributed by atoms with Crippen LogP contribution in [-0.4, -0.2) is 10.3 Å². The number of halogens is 1. The van der Waals surface area contributed by atoms with Gasteiger partial charge < -0.3 is 0 Å². The third-order valence-corrected chi connectivity index (χ3v) is 4.18. The molecule has 82 valence electrons. The molecule has 0 atom stereocenters. The molecule has 1 aromatic heterocycles. The molecule has 2 rings (SSSR count). The zero-order valence-corrected chi connectivity index (χ0v) is 9.98. The van der Waals surface area contributed by atoms with Crippen LogP contribution < -0.4 is 4.54 Å². The van der Waals surface area contributed by atoms with Gasteiger partial charge in [-0.3, -0.25) is 0 Å². The van der Waals surface area contributed by atoms with Crippen molar-refractivity contribution in [3.8, 4) is 0 Å². The average Bonchev–Trinajstić information content (AvgIpc) is 2.24. The van der Waals surface area contributed by atoms with Crippen LogP contribution in [0.1, 0.15) is 32.1 Å². The summed E-state index contributed by atoms with van der Waals surface area (Å²) in [6.45, 7) is 0. The standard InChI is InChI=1S/C10H14ClN2OS/c11-9-6-7-10(13(14)12-9)15-8-4-2-1-3-5-8/h6-8H,1-5H2,(H,12,14)/q+1. The van der Waals surface area contributed by atoms with E-state index in [1.165, 1.54) is 32.1 Å². The van der Waals surface area contributed by atoms with Gasteiger partial charge >= 0.3 is 5.03 Å². The fraction of sp³-hybridized carbons (Fsp3) is 0.600. The second-order valence-electron chi connectivity index (χ2n) is 3.80. The van der Waals surface area contributed by atoms with Crippen LogP contribution in [0.3, 0.4) is 0 Å². The van der Waals surface area contributed by atoms with E-state index in [-0.39, 0.29) is 0 Å². The van der Waals surface area contributed by atoms with E-state index in [2.05, 4.69) is 5.10 Å². The SMILES string of the molecule is O=[n+]1[nH]c(Cl)ccc1SC1CCCCC1. The lowest BCUT2D eigenvalue weighted by Crippen LogP contribution is -2.23. The van der Waals surface area contributed by atoms with E-state index in [1.54, 1.807) is 23.9 Å². The van der Waals surface area contributed by atoms with Crippen LogP contribution in [-0.2, 0) is 0 Å². The maximum Gasteiger partial charge on any atom is 0.326 e. The fourth-order valence-corrected chi connectivity index (χ4v) is 3.18. The molecule has 1 aromatic rings. The Morgan fingerprint density at radius 1 is 1.33 bits per heavy atom. The van der Waals surface area contributed by atoms with Crippen molar-refractivity contribution in [2.75, 3.05) is 0 Å². The van der Waals surface area contributed by atoms with Crippen LogP contribution in [0.4, 0.5) is 0 Å². The lowest BCUT2D eigenvalue weighted by Gasteiger charge is -2.18. The largest absolute Gasteiger partial charge is 0.326 e. The second-order valence-corrected chi connectivity index (χ2v) is 5.53. The topological polar surface area (TPSA) is 38.8 Å². The monoisotopic (exact) mass is 245 g/mol. The zero-order chi connectivity index (χ0) is 10.7. The highest BCUT2D eigenvalue weighted by molar-refractivity contribution is 7.99. The Kier molecular flexibility index (Phi) is 3.70. The maximum atomic E-state index is 11.5. The molecule has 1 aliphatic rings. The molecule has 0 amide bonds. The van der Waals surface area contributed by atoms with Crippen molar-refractivity contribution in [1.82, 2.24) is 5.10 Å². The van der Waals surface area contributed by atoms with E-state index in [4.69, 9.17) is 11.6 Å². The van der Waals surface area contributed by atoms with Crippen molar-refractivity contribution >= 4 is 23.4 Å². The lowest BCUT2D eigenvalue weighted by molar-refractivity contribution is -0.604. The third-order valence-electron chi connectivity index (χ3n) is 2.62. The molecule has 0 aliphatic heterocycles. The lowest BCUT2D eigenvalue weighted by atomic mass is 10.0. The van der Waals surface area contributed by atoms with Gasteiger partial charge in [0.1, 0.15) is 0 Å². The molecular formula is C10H14ClN2OS+. The van der Waals surface area contributed by atoms with Crippen LogP contribution >= 0.6 is 23.4 Å². The molecular weight excluding hydrogens is 232 g/mol. The Bertz CT molecular complexity index is 387. The van der Waals surface area contributed by atoms with Crippen LogP contribution in [0.25, 0.3) is 0 Å². The first kappa shape index (κ1) is 11.0. The molecule has 15 heavy (non-hydrogen) atoms. The van der Waals surface area contributed by atoms with Crippen LogP contribution in [0.2, 0.25) is 5.15 Å². The number of hydrogen-bond acceptors (Lipinski definition) is 2. The summed E-state index contributed by atoms with van der Waals surface area (Å²) in [6, 6.07) is 3.51. The Balaban J connectivity index is 2.06. The zero-order valence-electron chi connectivity index (χ0n) is 8.41. The van der Waals surface area contributed by atoms with Crippen molar-refractivity contribution in [3.63, 3.8) is 0 Å². The van der Waals surface area contributed by atoms with Gasteiger partial charge in [0.05, 0.1) is 4.91 Å². The number of rotatable bonds is 2. The summed E-state index contributed by atoms with van der Waals surface area (Å²) < 4.78 is 0.752. The van der Waals surface area contributed by atoms with Crippen LogP contribution in [0, 0.1) is 4.91 Å². The summed E-state index contributed by atoms with van der Waals surface area (Å²) in [4.78, 5) is 11.5. The Labute approximate surface area is 97.8 Å². The number of nitrogens with zero attached hydrogens (tertiary/aromatic N) is 1. The minimum absolute atomic E-state index is 0.373. The summed E-state index contributed by atoms with van der Waals surface area (Å²) >= 11 is 7.33. The van der Waals surface area contributed by atoms with Crippen LogP contribution in [0.15, 0.2) is 17.2 Å². The van der Waals surface area contributed by atoms with Gasteiger partial charge in [-0.2, -0.15) is 0 Å². The maximum absolute atomic E-state index is 11.5. The van der Waals surface area contributed by atoms with E-state index < -0.39 is 0 Å². The van der Waals surface area contributed by atoms with Crippen molar-refractivity contribution in [1.29, 1.82) is 0 Å². The van der Waals surface area contributed by atoms with E-state index in [0.717, 1.165) is 4.54 Å². The molecule has 1 saturated carbocycles. The molecule has 1 fully saturated rings. The first-order chi connectivity index (χ1) is 7.25. The number of aromatic nitrogens is 2. The first-order valence-electron chi connectivity index (χ1n) is 5.24. The van der Waals surface area contributed by atoms with Gasteiger partial charge in [0.2, 0.25) is 0 Å². The average molecular weight is 246 g/mol. The number of thioether (sulfide) groups is 1. The first-order valence-corrected chi connectivity index (χ1v) is 6.49. The van der Waals surface area contributed by atoms with Gasteiger partial charge in [-0.25, -0.2) is 0 Å². The molecule has 1 aliphatic carbocycles. The molecule has 3 nitrogen and oxygen atoms in total. The summed E-state index contributed by atoms with van der Waals surface area (Å²) in [6.07, 6.45) is 6.34. The molecule has 0 spiro atoms. The molecule has 1 heterocycles. The molecule has 1 N–H and O–H groups in total. The minimum atomic E-state index is 0.373. The Morgan fingerprint density at radius 2 is 2.07 bits per heavy atom. The van der Waals surface area contributed by atoms with Gasteiger partial charge in [-0.15, -0.1) is 5.10 Å². The molecule has 0 bridgehead atoms.